The molecule has 2 aliphatic rings. The molecule has 0 saturated carbocycles. The summed E-state index contributed by atoms with van der Waals surface area (Å²) in [4.78, 5) is 17.8. The van der Waals surface area contributed by atoms with Crippen molar-refractivity contribution in [3.05, 3.63) is 71.0 Å². The quantitative estimate of drug-likeness (QED) is 0.589. The van der Waals surface area contributed by atoms with Crippen LogP contribution in [0.5, 0.6) is 0 Å². The summed E-state index contributed by atoms with van der Waals surface area (Å²) in [5, 5.41) is 11.6. The molecule has 198 valence electrons. The summed E-state index contributed by atoms with van der Waals surface area (Å²) in [5.74, 6) is -3.17. The highest BCUT2D eigenvalue weighted by Crippen LogP contribution is 2.44. The first-order chi connectivity index (χ1) is 16.3. The molecule has 4 rings (SSSR count). The fraction of sp³-hybridized carbons (Fsp3) is 0.536. The van der Waals surface area contributed by atoms with Gasteiger partial charge in [-0.05, 0) is 50.1 Å². The van der Waals surface area contributed by atoms with Crippen LogP contribution in [0.3, 0.4) is 0 Å². The summed E-state index contributed by atoms with van der Waals surface area (Å²) in [6.07, 6.45) is 0. The first kappa shape index (κ1) is 28.5. The van der Waals surface area contributed by atoms with Crippen molar-refractivity contribution in [2.45, 2.75) is 51.7 Å². The summed E-state index contributed by atoms with van der Waals surface area (Å²) in [7, 11) is 0. The third kappa shape index (κ3) is 5.15. The molecule has 1 amide bonds. The number of aliphatic hydroxyl groups is 1. The Hall–Kier alpha value is -2.09. The minimum Gasteiger partial charge on any atom is -0.384 e. The van der Waals surface area contributed by atoms with Gasteiger partial charge in [-0.25, -0.2) is 13.2 Å². The molecular formula is C28H36ClF3N2O2. The summed E-state index contributed by atoms with van der Waals surface area (Å²) in [6.45, 7) is 11.6. The van der Waals surface area contributed by atoms with E-state index >= 15 is 0 Å². The molecule has 4 nitrogen and oxygen atoms in total. The molecule has 1 N–H and O–H groups in total. The van der Waals surface area contributed by atoms with E-state index in [4.69, 9.17) is 0 Å². The minimum atomic E-state index is -1.19. The van der Waals surface area contributed by atoms with Gasteiger partial charge in [0.15, 0.2) is 0 Å². The molecule has 0 radical (unpaired) electrons. The van der Waals surface area contributed by atoms with Gasteiger partial charge < -0.3 is 10.0 Å². The zero-order chi connectivity index (χ0) is 25.7. The molecule has 8 heteroatoms. The topological polar surface area (TPSA) is 43.8 Å². The zero-order valence-corrected chi connectivity index (χ0v) is 22.3. The van der Waals surface area contributed by atoms with Crippen LogP contribution in [0, 0.1) is 35.2 Å². The Balaban J connectivity index is 0.00000361. The predicted molar refractivity (Wildman–Crippen MR) is 136 cm³/mol. The van der Waals surface area contributed by atoms with Gasteiger partial charge in [-0.15, -0.1) is 12.4 Å². The van der Waals surface area contributed by atoms with Crippen LogP contribution in [-0.2, 0) is 10.4 Å². The fourth-order valence-corrected chi connectivity index (χ4v) is 5.92. The third-order valence-corrected chi connectivity index (χ3v) is 8.06. The smallest absolute Gasteiger partial charge is 0.227 e. The average molecular weight is 525 g/mol. The minimum absolute atomic E-state index is 0. The first-order valence-electron chi connectivity index (χ1n) is 12.3. The van der Waals surface area contributed by atoms with E-state index in [2.05, 4.69) is 25.7 Å². The van der Waals surface area contributed by atoms with Crippen molar-refractivity contribution in [3.63, 3.8) is 0 Å². The highest BCUT2D eigenvalue weighted by atomic mass is 35.5. The monoisotopic (exact) mass is 524 g/mol. The maximum absolute atomic E-state index is 14.8. The van der Waals surface area contributed by atoms with E-state index in [1.54, 1.807) is 17.0 Å². The number of nitrogens with zero attached hydrogens (tertiary/aromatic N) is 2. The molecule has 0 spiro atoms. The van der Waals surface area contributed by atoms with Gasteiger partial charge in [0.25, 0.3) is 0 Å². The molecule has 36 heavy (non-hydrogen) atoms. The average Bonchev–Trinajstić information content (AvgIpc) is 3.23. The van der Waals surface area contributed by atoms with Crippen molar-refractivity contribution in [2.75, 3.05) is 26.2 Å². The SMILES string of the molecule is C[C@@H]1CN(C(=O)[C@@H]2CN(C(C)(C)C)C[C@H]2c2ccc(F)cc2F)C[C@H](C)C1(O)c1ccc(F)cc1.Cl. The van der Waals surface area contributed by atoms with Crippen molar-refractivity contribution in [3.8, 4) is 0 Å². The molecule has 5 atom stereocenters. The lowest BCUT2D eigenvalue weighted by Gasteiger charge is -2.48. The molecule has 2 aromatic carbocycles. The standard InChI is InChI=1S/C28H35F3N2O2.ClH/c1-17-13-32(14-18(2)28(17,35)19-6-8-20(29)9-7-19)26(34)24-16-33(27(3,4)5)15-23(24)22-11-10-21(30)12-25(22)31;/h6-12,17-18,23-24,35H,13-16H2,1-5H3;1H/t17-,18+,23-,24+,28?;/m0./s1. The second kappa shape index (κ2) is 10.3. The first-order valence-corrected chi connectivity index (χ1v) is 12.3. The lowest BCUT2D eigenvalue weighted by atomic mass is 9.70. The molecule has 0 bridgehead atoms. The van der Waals surface area contributed by atoms with Crippen LogP contribution < -0.4 is 0 Å². The number of carbonyl (C=O) groups is 1. The Morgan fingerprint density at radius 1 is 0.917 bits per heavy atom. The lowest BCUT2D eigenvalue weighted by molar-refractivity contribution is -0.152. The maximum Gasteiger partial charge on any atom is 0.227 e. The van der Waals surface area contributed by atoms with Gasteiger partial charge in [0, 0.05) is 55.5 Å². The second-order valence-corrected chi connectivity index (χ2v) is 11.3. The number of hydrogen-bond donors (Lipinski definition) is 1. The lowest BCUT2D eigenvalue weighted by Crippen LogP contribution is -2.57. The van der Waals surface area contributed by atoms with E-state index in [0.717, 1.165) is 6.07 Å². The highest BCUT2D eigenvalue weighted by Gasteiger charge is 2.50. The number of halogens is 4. The molecule has 2 fully saturated rings. The maximum atomic E-state index is 14.8. The van der Waals surface area contributed by atoms with Gasteiger partial charge in [-0.1, -0.05) is 32.0 Å². The van der Waals surface area contributed by atoms with E-state index in [1.807, 2.05) is 13.8 Å². The Labute approximate surface area is 217 Å². The largest absolute Gasteiger partial charge is 0.384 e. The predicted octanol–water partition coefficient (Wildman–Crippen LogP) is 5.34. The molecule has 0 aliphatic carbocycles. The second-order valence-electron chi connectivity index (χ2n) is 11.3. The van der Waals surface area contributed by atoms with Crippen LogP contribution in [0.25, 0.3) is 0 Å². The molecule has 2 aromatic rings. The van der Waals surface area contributed by atoms with E-state index in [1.165, 1.54) is 24.3 Å². The Morgan fingerprint density at radius 3 is 2.00 bits per heavy atom. The van der Waals surface area contributed by atoms with Gasteiger partial charge >= 0.3 is 0 Å². The number of hydrogen-bond acceptors (Lipinski definition) is 3. The van der Waals surface area contributed by atoms with E-state index in [0.29, 0.717) is 37.3 Å². The van der Waals surface area contributed by atoms with Crippen LogP contribution >= 0.6 is 12.4 Å². The molecule has 1 unspecified atom stereocenters. The van der Waals surface area contributed by atoms with Crippen LogP contribution in [0.2, 0.25) is 0 Å². The van der Waals surface area contributed by atoms with Gasteiger partial charge in [0.05, 0.1) is 11.5 Å². The van der Waals surface area contributed by atoms with Gasteiger partial charge in [0.1, 0.15) is 17.5 Å². The van der Waals surface area contributed by atoms with Crippen LogP contribution in [0.4, 0.5) is 13.2 Å². The highest BCUT2D eigenvalue weighted by molar-refractivity contribution is 5.85. The van der Waals surface area contributed by atoms with Crippen molar-refractivity contribution >= 4 is 18.3 Å². The molecule has 2 heterocycles. The number of benzene rings is 2. The van der Waals surface area contributed by atoms with E-state index < -0.39 is 29.1 Å². The molecule has 2 saturated heterocycles. The Kier molecular flexibility index (Phi) is 8.19. The number of likely N-dealkylation sites (tertiary alicyclic amines) is 2. The van der Waals surface area contributed by atoms with Gasteiger partial charge in [-0.3, -0.25) is 9.69 Å². The van der Waals surface area contributed by atoms with Crippen LogP contribution in [-0.4, -0.2) is 52.5 Å². The van der Waals surface area contributed by atoms with Crippen molar-refractivity contribution in [1.29, 1.82) is 0 Å². The number of piperidine rings is 1. The fourth-order valence-electron chi connectivity index (χ4n) is 5.92. The van der Waals surface area contributed by atoms with Crippen LogP contribution in [0.15, 0.2) is 42.5 Å². The summed E-state index contributed by atoms with van der Waals surface area (Å²) in [5.41, 5.74) is -0.413. The van der Waals surface area contributed by atoms with Gasteiger partial charge in [0.2, 0.25) is 5.91 Å². The van der Waals surface area contributed by atoms with E-state index in [-0.39, 0.29) is 41.5 Å². The van der Waals surface area contributed by atoms with Crippen molar-refractivity contribution < 1.29 is 23.1 Å². The summed E-state index contributed by atoms with van der Waals surface area (Å²) in [6, 6.07) is 9.46. The number of amides is 1. The molecule has 0 aromatic heterocycles. The van der Waals surface area contributed by atoms with Gasteiger partial charge in [-0.2, -0.15) is 0 Å². The third-order valence-electron chi connectivity index (χ3n) is 8.06. The van der Waals surface area contributed by atoms with Crippen molar-refractivity contribution in [1.82, 2.24) is 9.80 Å². The zero-order valence-electron chi connectivity index (χ0n) is 21.5. The number of carbonyl (C=O) groups excluding carboxylic acids is 1. The molecule has 2 aliphatic heterocycles. The molecular weight excluding hydrogens is 489 g/mol. The number of rotatable bonds is 3. The van der Waals surface area contributed by atoms with Crippen LogP contribution in [0.1, 0.15) is 51.7 Å². The Bertz CT molecular complexity index is 1080. The van der Waals surface area contributed by atoms with E-state index in [9.17, 15) is 23.1 Å². The van der Waals surface area contributed by atoms with Crippen molar-refractivity contribution in [2.24, 2.45) is 17.8 Å². The normalized spacial score (nSPS) is 29.2. The summed E-state index contributed by atoms with van der Waals surface area (Å²) >= 11 is 0. The summed E-state index contributed by atoms with van der Waals surface area (Å²) < 4.78 is 41.9. The Morgan fingerprint density at radius 2 is 1.47 bits per heavy atom.